The van der Waals surface area contributed by atoms with Crippen molar-refractivity contribution >= 4 is 31.3 Å². The summed E-state index contributed by atoms with van der Waals surface area (Å²) < 4.78 is 109. The number of nitrogens with two attached hydrogens (primary N) is 1. The van der Waals surface area contributed by atoms with E-state index < -0.39 is 70.5 Å². The number of aromatic nitrogens is 3. The highest BCUT2D eigenvalue weighted by atomic mass is 32.2. The molecule has 0 aliphatic carbocycles. The van der Waals surface area contributed by atoms with Crippen LogP contribution in [0.5, 0.6) is 0 Å². The fraction of sp³-hybridized carbons (Fsp3) is 0.286. The van der Waals surface area contributed by atoms with Gasteiger partial charge < -0.3 is 15.1 Å². The number of rotatable bonds is 6. The van der Waals surface area contributed by atoms with Crippen LogP contribution in [0, 0.1) is 5.82 Å². The summed E-state index contributed by atoms with van der Waals surface area (Å²) in [5.74, 6) is -3.44. The molecule has 2 aromatic carbocycles. The number of pyridine rings is 1. The summed E-state index contributed by atoms with van der Waals surface area (Å²) in [6, 6.07) is 8.63. The maximum Gasteiger partial charge on any atom is 0.417 e. The first-order valence-electron chi connectivity index (χ1n) is 13.1. The van der Waals surface area contributed by atoms with Crippen molar-refractivity contribution in [2.45, 2.75) is 42.3 Å². The number of alkyl halides is 3. The zero-order valence-electron chi connectivity index (χ0n) is 23.8. The lowest BCUT2D eigenvalue weighted by atomic mass is 10.1. The Hall–Kier alpha value is -4.22. The highest BCUT2D eigenvalue weighted by Gasteiger charge is 2.40. The molecule has 0 unspecified atom stereocenters. The number of carbonyl (C=O) groups excluding carboxylic acids is 1. The molecule has 2 N–H and O–H groups in total. The Morgan fingerprint density at radius 1 is 1.07 bits per heavy atom. The van der Waals surface area contributed by atoms with Crippen LogP contribution in [0.1, 0.15) is 30.9 Å². The fourth-order valence-electron chi connectivity index (χ4n) is 4.48. The molecule has 4 aromatic rings. The van der Waals surface area contributed by atoms with Crippen LogP contribution in [-0.2, 0) is 41.9 Å². The molecule has 11 nitrogen and oxygen atoms in total. The highest BCUT2D eigenvalue weighted by molar-refractivity contribution is 7.92. The molecule has 1 aliphatic heterocycles. The van der Waals surface area contributed by atoms with Crippen LogP contribution in [0.4, 0.5) is 23.2 Å². The van der Waals surface area contributed by atoms with E-state index >= 15 is 4.39 Å². The zero-order chi connectivity index (χ0) is 33.1. The summed E-state index contributed by atoms with van der Waals surface area (Å²) in [7, 11) is -8.00. The Morgan fingerprint density at radius 2 is 1.73 bits per heavy atom. The minimum Gasteiger partial charge on any atom is -0.419 e. The summed E-state index contributed by atoms with van der Waals surface area (Å²) >= 11 is 0. The van der Waals surface area contributed by atoms with Gasteiger partial charge in [-0.25, -0.2) is 21.2 Å². The molecule has 1 atom stereocenters. The van der Waals surface area contributed by atoms with Gasteiger partial charge in [-0.2, -0.15) is 13.2 Å². The molecule has 2 aromatic heterocycles. The molecule has 17 heteroatoms. The number of carbonyl (C=O) groups is 1. The van der Waals surface area contributed by atoms with Crippen molar-refractivity contribution < 1.29 is 43.6 Å². The summed E-state index contributed by atoms with van der Waals surface area (Å²) in [6.45, 7) is 2.41. The largest absolute Gasteiger partial charge is 0.419 e. The molecule has 0 bridgehead atoms. The van der Waals surface area contributed by atoms with Gasteiger partial charge in [0.05, 0.1) is 45.7 Å². The minimum atomic E-state index is -4.54. The topological polar surface area (TPSA) is 166 Å². The average Bonchev–Trinajstić information content (AvgIpc) is 3.43. The van der Waals surface area contributed by atoms with E-state index in [4.69, 9.17) is 10.2 Å². The Kier molecular flexibility index (Phi) is 7.86. The molecule has 0 saturated carbocycles. The lowest BCUT2D eigenvalue weighted by Gasteiger charge is -2.24. The molecular formula is C28H25F4N5O6S2. The third kappa shape index (κ3) is 6.06. The van der Waals surface area contributed by atoms with E-state index in [9.17, 15) is 34.8 Å². The van der Waals surface area contributed by atoms with Crippen molar-refractivity contribution in [3.8, 4) is 22.7 Å². The number of nitrogens with zero attached hydrogens (tertiary/aromatic N) is 4. The van der Waals surface area contributed by atoms with Gasteiger partial charge in [0.25, 0.3) is 5.89 Å². The third-order valence-electron chi connectivity index (χ3n) is 7.44. The van der Waals surface area contributed by atoms with E-state index in [1.807, 2.05) is 0 Å². The number of hydrogen-bond acceptors (Lipinski definition) is 10. The lowest BCUT2D eigenvalue weighted by molar-refractivity contribution is -0.137. The van der Waals surface area contributed by atoms with Gasteiger partial charge in [0.2, 0.25) is 11.8 Å². The van der Waals surface area contributed by atoms with Crippen molar-refractivity contribution in [3.05, 3.63) is 77.6 Å². The van der Waals surface area contributed by atoms with Gasteiger partial charge in [0, 0.05) is 18.0 Å². The third-order valence-corrected chi connectivity index (χ3v) is 11.3. The number of amides is 1. The maximum absolute atomic E-state index is 15.4. The van der Waals surface area contributed by atoms with Gasteiger partial charge in [0.1, 0.15) is 10.6 Å². The molecule has 3 heterocycles. The second-order valence-corrected chi connectivity index (χ2v) is 15.5. The van der Waals surface area contributed by atoms with E-state index in [1.165, 1.54) is 19.9 Å². The fourth-order valence-corrected chi connectivity index (χ4v) is 6.44. The van der Waals surface area contributed by atoms with E-state index in [2.05, 4.69) is 15.2 Å². The van der Waals surface area contributed by atoms with E-state index in [-0.39, 0.29) is 29.4 Å². The van der Waals surface area contributed by atoms with Gasteiger partial charge in [-0.1, -0.05) is 24.3 Å². The first-order valence-corrected chi connectivity index (χ1v) is 16.6. The molecule has 0 radical (unpaired) electrons. The molecule has 238 valence electrons. The van der Waals surface area contributed by atoms with Crippen LogP contribution in [0.25, 0.3) is 22.7 Å². The van der Waals surface area contributed by atoms with Crippen molar-refractivity contribution in [1.82, 2.24) is 15.2 Å². The average molecular weight is 668 g/mol. The number of halogens is 4. The predicted molar refractivity (Wildman–Crippen MR) is 153 cm³/mol. The lowest BCUT2D eigenvalue weighted by Crippen LogP contribution is -2.45. The van der Waals surface area contributed by atoms with Crippen molar-refractivity contribution in [2.24, 2.45) is 5.73 Å². The van der Waals surface area contributed by atoms with Gasteiger partial charge in [0.15, 0.2) is 19.7 Å². The Morgan fingerprint density at radius 3 is 2.31 bits per heavy atom. The van der Waals surface area contributed by atoms with Crippen molar-refractivity contribution in [1.29, 1.82) is 0 Å². The monoisotopic (exact) mass is 667 g/mol. The SMILES string of the molecule is CC(C)(c1nnc(-c2cc3c(cc2F)S(=O)(=O)C[C@H](N)C(=O)N3Cc2ccc(-c3ccc(C(F)(F)F)cn3)cc2)o1)S(C)(=O)=O. The normalized spacial score (nSPS) is 17.2. The number of hydrogen-bond donors (Lipinski definition) is 1. The molecule has 1 amide bonds. The van der Waals surface area contributed by atoms with E-state index in [0.29, 0.717) is 23.4 Å². The quantitative estimate of drug-likeness (QED) is 0.298. The number of sulfone groups is 2. The van der Waals surface area contributed by atoms with Crippen LogP contribution in [-0.4, -0.2) is 56.0 Å². The van der Waals surface area contributed by atoms with Gasteiger partial charge >= 0.3 is 6.18 Å². The molecule has 0 fully saturated rings. The van der Waals surface area contributed by atoms with Crippen molar-refractivity contribution in [2.75, 3.05) is 16.9 Å². The van der Waals surface area contributed by atoms with E-state index in [0.717, 1.165) is 23.3 Å². The number of fused-ring (bicyclic) bond motifs is 1. The maximum atomic E-state index is 15.4. The Bertz CT molecular complexity index is 2010. The highest BCUT2D eigenvalue weighted by Crippen LogP contribution is 2.38. The molecule has 0 saturated heterocycles. The van der Waals surface area contributed by atoms with Gasteiger partial charge in [-0.3, -0.25) is 9.78 Å². The summed E-state index contributed by atoms with van der Waals surface area (Å²) in [4.78, 5) is 17.8. The summed E-state index contributed by atoms with van der Waals surface area (Å²) in [5, 5.41) is 7.52. The van der Waals surface area contributed by atoms with Crippen molar-refractivity contribution in [3.63, 3.8) is 0 Å². The van der Waals surface area contributed by atoms with E-state index in [1.54, 1.807) is 24.3 Å². The smallest absolute Gasteiger partial charge is 0.417 e. The van der Waals surface area contributed by atoms with Gasteiger partial charge in [-0.05, 0) is 43.7 Å². The zero-order valence-corrected chi connectivity index (χ0v) is 25.5. The van der Waals surface area contributed by atoms with Crippen LogP contribution < -0.4 is 10.6 Å². The summed E-state index contributed by atoms with van der Waals surface area (Å²) in [6.07, 6.45) is -2.87. The second kappa shape index (κ2) is 11.0. The predicted octanol–water partition coefficient (Wildman–Crippen LogP) is 3.88. The molecule has 0 spiro atoms. The number of benzene rings is 2. The standard InChI is InChI=1S/C28H25F4N5O6S2/c1-27(2,44(3,39)40)26-36-35-24(43-26)18-10-22-23(11-19(18)29)45(41,42)14-20(33)25(38)37(22)13-15-4-6-16(7-5-15)21-9-8-17(12-34-21)28(30,31)32/h4-12,20H,13-14,33H2,1-3H3/t20-/m0/s1. The summed E-state index contributed by atoms with van der Waals surface area (Å²) in [5.41, 5.74) is 5.64. The first-order chi connectivity index (χ1) is 20.8. The Balaban J connectivity index is 1.54. The van der Waals surface area contributed by atoms with Crippen LogP contribution in [0.3, 0.4) is 0 Å². The first kappa shape index (κ1) is 32.2. The molecule has 45 heavy (non-hydrogen) atoms. The molecular weight excluding hydrogens is 642 g/mol. The van der Waals surface area contributed by atoms with Gasteiger partial charge in [-0.15, -0.1) is 10.2 Å². The molecule has 5 rings (SSSR count). The second-order valence-electron chi connectivity index (χ2n) is 10.9. The van der Waals surface area contributed by atoms with Crippen LogP contribution in [0.15, 0.2) is 64.0 Å². The van der Waals surface area contributed by atoms with Crippen LogP contribution >= 0.6 is 0 Å². The minimum absolute atomic E-state index is 0.222. The Labute approximate surface area is 254 Å². The number of anilines is 1. The molecule has 1 aliphatic rings. The van der Waals surface area contributed by atoms with Crippen LogP contribution in [0.2, 0.25) is 0 Å².